The molecule has 0 saturated carbocycles. The maximum Gasteiger partial charge on any atom is 0.278 e. The molecule has 5 nitrogen and oxygen atoms in total. The van der Waals surface area contributed by atoms with Crippen molar-refractivity contribution in [3.05, 3.63) is 50.1 Å². The van der Waals surface area contributed by atoms with Gasteiger partial charge >= 0.3 is 0 Å². The van der Waals surface area contributed by atoms with Crippen LogP contribution in [0.1, 0.15) is 11.1 Å². The summed E-state index contributed by atoms with van der Waals surface area (Å²) in [4.78, 5) is 15.9. The Labute approximate surface area is 124 Å². The van der Waals surface area contributed by atoms with Crippen molar-refractivity contribution < 1.29 is 4.74 Å². The molecule has 20 heavy (non-hydrogen) atoms. The van der Waals surface area contributed by atoms with Gasteiger partial charge in [-0.25, -0.2) is 4.98 Å². The molecule has 2 aromatic rings. The van der Waals surface area contributed by atoms with Crippen molar-refractivity contribution in [1.29, 1.82) is 0 Å². The molecule has 2 N–H and O–H groups in total. The third kappa shape index (κ3) is 2.23. The average Bonchev–Trinajstić information content (AvgIpc) is 2.87. The molecule has 1 aromatic heterocycles. The van der Waals surface area contributed by atoms with Gasteiger partial charge in [0.05, 0.1) is 19.5 Å². The highest BCUT2D eigenvalue weighted by Gasteiger charge is 2.18. The highest BCUT2D eigenvalue weighted by molar-refractivity contribution is 6.31. The predicted octanol–water partition coefficient (Wildman–Crippen LogP) is 2.12. The van der Waals surface area contributed by atoms with Crippen LogP contribution in [0.25, 0.3) is 0 Å². The SMILES string of the molecule is Nc1c(Cl)ncn(Cc2cc(Cl)cc3c2OCC3)c1=O. The van der Waals surface area contributed by atoms with E-state index >= 15 is 0 Å². The summed E-state index contributed by atoms with van der Waals surface area (Å²) in [5.74, 6) is 0.787. The van der Waals surface area contributed by atoms with E-state index in [1.54, 1.807) is 6.07 Å². The summed E-state index contributed by atoms with van der Waals surface area (Å²) in [6.07, 6.45) is 2.18. The molecular formula is C13H11Cl2N3O2. The summed E-state index contributed by atoms with van der Waals surface area (Å²) in [5.41, 5.74) is 7.04. The topological polar surface area (TPSA) is 70.1 Å². The van der Waals surface area contributed by atoms with Crippen molar-refractivity contribution in [1.82, 2.24) is 9.55 Å². The molecule has 0 saturated heterocycles. The van der Waals surface area contributed by atoms with Crippen LogP contribution in [0, 0.1) is 0 Å². The van der Waals surface area contributed by atoms with E-state index in [-0.39, 0.29) is 22.9 Å². The Kier molecular flexibility index (Phi) is 3.31. The van der Waals surface area contributed by atoms with Crippen LogP contribution in [-0.2, 0) is 13.0 Å². The zero-order valence-electron chi connectivity index (χ0n) is 10.4. The van der Waals surface area contributed by atoms with Gasteiger partial charge in [0.2, 0.25) is 0 Å². The molecule has 0 bridgehead atoms. The molecule has 0 spiro atoms. The van der Waals surface area contributed by atoms with Crippen LogP contribution in [0.15, 0.2) is 23.3 Å². The van der Waals surface area contributed by atoms with E-state index in [4.69, 9.17) is 33.7 Å². The summed E-state index contributed by atoms with van der Waals surface area (Å²) in [6, 6.07) is 3.66. The summed E-state index contributed by atoms with van der Waals surface area (Å²) in [7, 11) is 0. The highest BCUT2D eigenvalue weighted by Crippen LogP contribution is 2.33. The van der Waals surface area contributed by atoms with Crippen LogP contribution in [0.2, 0.25) is 10.2 Å². The number of nitrogens with zero attached hydrogens (tertiary/aromatic N) is 2. The largest absolute Gasteiger partial charge is 0.493 e. The number of hydrogen-bond donors (Lipinski definition) is 1. The van der Waals surface area contributed by atoms with E-state index in [0.717, 1.165) is 23.3 Å². The highest BCUT2D eigenvalue weighted by atomic mass is 35.5. The standard InChI is InChI=1S/C13H11Cl2N3O2/c14-9-3-7-1-2-20-11(7)8(4-9)5-18-6-17-12(15)10(16)13(18)19/h3-4,6H,1-2,5,16H2. The number of anilines is 1. The van der Waals surface area contributed by atoms with Crippen molar-refractivity contribution in [3.63, 3.8) is 0 Å². The van der Waals surface area contributed by atoms with E-state index in [0.29, 0.717) is 11.6 Å². The lowest BCUT2D eigenvalue weighted by molar-refractivity contribution is 0.352. The van der Waals surface area contributed by atoms with Crippen LogP contribution in [0.4, 0.5) is 5.69 Å². The van der Waals surface area contributed by atoms with Gasteiger partial charge in [0.15, 0.2) is 5.15 Å². The molecule has 1 aliphatic rings. The molecule has 104 valence electrons. The summed E-state index contributed by atoms with van der Waals surface area (Å²) >= 11 is 11.8. The maximum absolute atomic E-state index is 12.0. The number of benzene rings is 1. The minimum absolute atomic E-state index is 0.0128. The van der Waals surface area contributed by atoms with Gasteiger partial charge in [-0.3, -0.25) is 9.36 Å². The van der Waals surface area contributed by atoms with Gasteiger partial charge in [0, 0.05) is 17.0 Å². The predicted molar refractivity (Wildman–Crippen MR) is 77.7 cm³/mol. The third-order valence-electron chi connectivity index (χ3n) is 3.19. The van der Waals surface area contributed by atoms with Gasteiger partial charge < -0.3 is 10.5 Å². The van der Waals surface area contributed by atoms with Crippen LogP contribution in [0.3, 0.4) is 0 Å². The lowest BCUT2D eigenvalue weighted by atomic mass is 10.1. The molecule has 1 aromatic carbocycles. The van der Waals surface area contributed by atoms with E-state index in [9.17, 15) is 4.79 Å². The third-order valence-corrected chi connectivity index (χ3v) is 3.71. The van der Waals surface area contributed by atoms with E-state index in [2.05, 4.69) is 4.98 Å². The Bertz CT molecular complexity index is 743. The molecule has 0 amide bonds. The molecule has 0 fully saturated rings. The fraction of sp³-hybridized carbons (Fsp3) is 0.231. The van der Waals surface area contributed by atoms with Crippen molar-refractivity contribution >= 4 is 28.9 Å². The number of nitrogen functional groups attached to an aromatic ring is 1. The normalized spacial score (nSPS) is 13.1. The van der Waals surface area contributed by atoms with Gasteiger partial charge in [-0.15, -0.1) is 0 Å². The fourth-order valence-electron chi connectivity index (χ4n) is 2.24. The van der Waals surface area contributed by atoms with Gasteiger partial charge in [-0.05, 0) is 17.7 Å². The smallest absolute Gasteiger partial charge is 0.278 e. The van der Waals surface area contributed by atoms with Crippen molar-refractivity contribution in [2.45, 2.75) is 13.0 Å². The molecule has 7 heteroatoms. The fourth-order valence-corrected chi connectivity index (χ4v) is 2.63. The van der Waals surface area contributed by atoms with Crippen molar-refractivity contribution in [3.8, 4) is 5.75 Å². The Morgan fingerprint density at radius 1 is 1.40 bits per heavy atom. The number of fused-ring (bicyclic) bond motifs is 1. The number of halogens is 2. The van der Waals surface area contributed by atoms with Crippen LogP contribution in [0.5, 0.6) is 5.75 Å². The number of ether oxygens (including phenoxy) is 1. The van der Waals surface area contributed by atoms with Crippen molar-refractivity contribution in [2.75, 3.05) is 12.3 Å². The Balaban J connectivity index is 2.05. The van der Waals surface area contributed by atoms with Crippen LogP contribution < -0.4 is 16.0 Å². The number of hydrogen-bond acceptors (Lipinski definition) is 4. The van der Waals surface area contributed by atoms with E-state index in [1.165, 1.54) is 10.9 Å². The maximum atomic E-state index is 12.0. The summed E-state index contributed by atoms with van der Waals surface area (Å²) in [5, 5.41) is 0.631. The molecule has 0 atom stereocenters. The van der Waals surface area contributed by atoms with Gasteiger partial charge in [-0.1, -0.05) is 23.2 Å². The number of nitrogens with two attached hydrogens (primary N) is 1. The van der Waals surface area contributed by atoms with Crippen LogP contribution >= 0.6 is 23.2 Å². The van der Waals surface area contributed by atoms with Crippen molar-refractivity contribution in [2.24, 2.45) is 0 Å². The number of aromatic nitrogens is 2. The Morgan fingerprint density at radius 3 is 3.00 bits per heavy atom. The first-order valence-corrected chi connectivity index (χ1v) is 6.76. The molecule has 1 aliphatic heterocycles. The lowest BCUT2D eigenvalue weighted by Crippen LogP contribution is -2.24. The van der Waals surface area contributed by atoms with Crippen LogP contribution in [-0.4, -0.2) is 16.2 Å². The molecule has 3 rings (SSSR count). The van der Waals surface area contributed by atoms with Gasteiger partial charge in [0.1, 0.15) is 11.4 Å². The zero-order valence-corrected chi connectivity index (χ0v) is 11.9. The first-order chi connectivity index (χ1) is 9.56. The van der Waals surface area contributed by atoms with E-state index in [1.807, 2.05) is 6.07 Å². The first kappa shape index (κ1) is 13.3. The zero-order chi connectivity index (χ0) is 14.3. The second-order valence-electron chi connectivity index (χ2n) is 4.53. The Hall–Kier alpha value is -1.72. The summed E-state index contributed by atoms with van der Waals surface area (Å²) < 4.78 is 6.98. The minimum Gasteiger partial charge on any atom is -0.493 e. The monoisotopic (exact) mass is 311 g/mol. The second-order valence-corrected chi connectivity index (χ2v) is 5.33. The average molecular weight is 312 g/mol. The number of rotatable bonds is 2. The first-order valence-electron chi connectivity index (χ1n) is 6.01. The Morgan fingerprint density at radius 2 is 2.20 bits per heavy atom. The molecule has 0 radical (unpaired) electrons. The molecular weight excluding hydrogens is 301 g/mol. The quantitative estimate of drug-likeness (QED) is 0.862. The lowest BCUT2D eigenvalue weighted by Gasteiger charge is -2.11. The van der Waals surface area contributed by atoms with E-state index < -0.39 is 0 Å². The summed E-state index contributed by atoms with van der Waals surface area (Å²) in [6.45, 7) is 0.911. The minimum atomic E-state index is -0.378. The van der Waals surface area contributed by atoms with Gasteiger partial charge in [0.25, 0.3) is 5.56 Å². The molecule has 0 aliphatic carbocycles. The second kappa shape index (κ2) is 5.00. The van der Waals surface area contributed by atoms with Gasteiger partial charge in [-0.2, -0.15) is 0 Å². The molecule has 0 unspecified atom stereocenters. The molecule has 2 heterocycles.